The molecular formula is C24H28F3N3O5. The number of aromatic nitrogens is 1. The summed E-state index contributed by atoms with van der Waals surface area (Å²) in [6.07, 6.45) is 0.452. The summed E-state index contributed by atoms with van der Waals surface area (Å²) in [5.74, 6) is -1.93. The number of rotatable bonds is 9. The Hall–Kier alpha value is -3.08. The van der Waals surface area contributed by atoms with Crippen LogP contribution in [0.15, 0.2) is 12.1 Å². The van der Waals surface area contributed by atoms with Gasteiger partial charge in [0.25, 0.3) is 5.91 Å². The SMILES string of the molecule is COc1cc2c3c(c(NC(=O)COC(=O)C(F)(F)F)nc2cc1OCCCN1CCCC1)CCC3. The van der Waals surface area contributed by atoms with Gasteiger partial charge in [-0.15, -0.1) is 0 Å². The predicted octanol–water partition coefficient (Wildman–Crippen LogP) is 3.64. The summed E-state index contributed by atoms with van der Waals surface area (Å²) in [6, 6.07) is 3.63. The lowest BCUT2D eigenvalue weighted by atomic mass is 10.0. The first-order valence-corrected chi connectivity index (χ1v) is 11.7. The zero-order chi connectivity index (χ0) is 25.0. The van der Waals surface area contributed by atoms with Crippen LogP contribution in [-0.2, 0) is 27.2 Å². The third kappa shape index (κ3) is 5.95. The number of aryl methyl sites for hydroxylation is 1. The van der Waals surface area contributed by atoms with Gasteiger partial charge in [0, 0.05) is 18.0 Å². The normalized spacial score (nSPS) is 15.8. The number of anilines is 1. The molecule has 0 saturated carbocycles. The minimum atomic E-state index is -5.16. The molecule has 0 radical (unpaired) electrons. The first kappa shape index (κ1) is 25.0. The highest BCUT2D eigenvalue weighted by Crippen LogP contribution is 2.39. The summed E-state index contributed by atoms with van der Waals surface area (Å²) >= 11 is 0. The van der Waals surface area contributed by atoms with E-state index in [2.05, 4.69) is 19.9 Å². The van der Waals surface area contributed by atoms with E-state index in [0.29, 0.717) is 30.0 Å². The van der Waals surface area contributed by atoms with Crippen LogP contribution in [0.5, 0.6) is 11.5 Å². The smallest absolute Gasteiger partial charge is 0.490 e. The Labute approximate surface area is 200 Å². The molecule has 1 aromatic heterocycles. The van der Waals surface area contributed by atoms with E-state index in [1.807, 2.05) is 6.07 Å². The van der Waals surface area contributed by atoms with E-state index < -0.39 is 24.7 Å². The highest BCUT2D eigenvalue weighted by Gasteiger charge is 2.41. The van der Waals surface area contributed by atoms with Crippen LogP contribution < -0.4 is 14.8 Å². The van der Waals surface area contributed by atoms with Crippen LogP contribution in [0.4, 0.5) is 19.0 Å². The highest BCUT2D eigenvalue weighted by atomic mass is 19.4. The van der Waals surface area contributed by atoms with Crippen molar-refractivity contribution in [2.75, 3.05) is 45.3 Å². The van der Waals surface area contributed by atoms with Gasteiger partial charge in [-0.3, -0.25) is 4.79 Å². The van der Waals surface area contributed by atoms with Crippen molar-refractivity contribution in [3.8, 4) is 11.5 Å². The number of hydrogen-bond donors (Lipinski definition) is 1. The number of ether oxygens (including phenoxy) is 3. The Morgan fingerprint density at radius 1 is 1.09 bits per heavy atom. The zero-order valence-corrected chi connectivity index (χ0v) is 19.5. The second-order valence-electron chi connectivity index (χ2n) is 8.66. The first-order valence-electron chi connectivity index (χ1n) is 11.7. The Kier molecular flexibility index (Phi) is 7.63. The molecule has 190 valence electrons. The maximum atomic E-state index is 12.3. The molecular weight excluding hydrogens is 467 g/mol. The maximum absolute atomic E-state index is 12.3. The van der Waals surface area contributed by atoms with Gasteiger partial charge >= 0.3 is 12.1 Å². The number of carbonyl (C=O) groups excluding carboxylic acids is 2. The second kappa shape index (κ2) is 10.7. The molecule has 1 saturated heterocycles. The van der Waals surface area contributed by atoms with Crippen LogP contribution in [0.25, 0.3) is 10.9 Å². The van der Waals surface area contributed by atoms with E-state index in [9.17, 15) is 22.8 Å². The Morgan fingerprint density at radius 3 is 2.54 bits per heavy atom. The summed E-state index contributed by atoms with van der Waals surface area (Å²) in [5.41, 5.74) is 2.38. The number of methoxy groups -OCH3 is 1. The Morgan fingerprint density at radius 2 is 1.83 bits per heavy atom. The molecule has 2 heterocycles. The quantitative estimate of drug-likeness (QED) is 0.420. The Balaban J connectivity index is 1.50. The monoisotopic (exact) mass is 495 g/mol. The topological polar surface area (TPSA) is 90.0 Å². The van der Waals surface area contributed by atoms with Gasteiger partial charge < -0.3 is 24.4 Å². The maximum Gasteiger partial charge on any atom is 0.490 e. The van der Waals surface area contributed by atoms with Gasteiger partial charge in [0.1, 0.15) is 5.82 Å². The third-order valence-electron chi connectivity index (χ3n) is 6.24. The zero-order valence-electron chi connectivity index (χ0n) is 19.5. The van der Waals surface area contributed by atoms with Crippen LogP contribution in [0.1, 0.15) is 36.8 Å². The highest BCUT2D eigenvalue weighted by molar-refractivity contribution is 5.96. The van der Waals surface area contributed by atoms with Crippen LogP contribution in [0.3, 0.4) is 0 Å². The van der Waals surface area contributed by atoms with E-state index in [-0.39, 0.29) is 5.82 Å². The van der Waals surface area contributed by atoms with Crippen molar-refractivity contribution in [2.24, 2.45) is 0 Å². The third-order valence-corrected chi connectivity index (χ3v) is 6.24. The molecule has 2 aromatic rings. The lowest BCUT2D eigenvalue weighted by molar-refractivity contribution is -0.199. The Bertz CT molecular complexity index is 1100. The number of benzene rings is 1. The molecule has 1 amide bonds. The van der Waals surface area contributed by atoms with Crippen molar-refractivity contribution in [1.82, 2.24) is 9.88 Å². The molecule has 1 aliphatic heterocycles. The molecule has 0 bridgehead atoms. The lowest BCUT2D eigenvalue weighted by Gasteiger charge is -2.17. The van der Waals surface area contributed by atoms with Gasteiger partial charge in [-0.05, 0) is 68.8 Å². The fraction of sp³-hybridized carbons (Fsp3) is 0.542. The molecule has 4 rings (SSSR count). The molecule has 0 atom stereocenters. The van der Waals surface area contributed by atoms with Gasteiger partial charge in [0.2, 0.25) is 0 Å². The minimum Gasteiger partial charge on any atom is -0.493 e. The number of fused-ring (bicyclic) bond motifs is 3. The number of halogens is 3. The van der Waals surface area contributed by atoms with Crippen LogP contribution in [-0.4, -0.2) is 67.9 Å². The van der Waals surface area contributed by atoms with Crippen LogP contribution in [0, 0.1) is 0 Å². The number of nitrogens with one attached hydrogen (secondary N) is 1. The number of carbonyl (C=O) groups is 2. The molecule has 8 nitrogen and oxygen atoms in total. The van der Waals surface area contributed by atoms with Crippen molar-refractivity contribution >= 4 is 28.6 Å². The predicted molar refractivity (Wildman–Crippen MR) is 122 cm³/mol. The molecule has 1 fully saturated rings. The summed E-state index contributed by atoms with van der Waals surface area (Å²) < 4.78 is 52.6. The number of amides is 1. The number of likely N-dealkylation sites (tertiary alicyclic amines) is 1. The van der Waals surface area contributed by atoms with Gasteiger partial charge in [0.15, 0.2) is 18.1 Å². The molecule has 0 spiro atoms. The van der Waals surface area contributed by atoms with E-state index in [1.54, 1.807) is 13.2 Å². The van der Waals surface area contributed by atoms with E-state index >= 15 is 0 Å². The number of hydrogen-bond acceptors (Lipinski definition) is 7. The number of esters is 1. The van der Waals surface area contributed by atoms with Gasteiger partial charge in [0.05, 0.1) is 19.2 Å². The molecule has 0 unspecified atom stereocenters. The average molecular weight is 495 g/mol. The van der Waals surface area contributed by atoms with Gasteiger partial charge in [-0.2, -0.15) is 13.2 Å². The second-order valence-corrected chi connectivity index (χ2v) is 8.66. The van der Waals surface area contributed by atoms with Crippen LogP contribution in [0.2, 0.25) is 0 Å². The van der Waals surface area contributed by atoms with E-state index in [4.69, 9.17) is 9.47 Å². The summed E-state index contributed by atoms with van der Waals surface area (Å²) in [7, 11) is 1.57. The summed E-state index contributed by atoms with van der Waals surface area (Å²) in [5, 5.41) is 3.38. The number of pyridine rings is 1. The van der Waals surface area contributed by atoms with Crippen molar-refractivity contribution < 1.29 is 37.0 Å². The molecule has 1 aliphatic carbocycles. The minimum absolute atomic E-state index is 0.253. The van der Waals surface area contributed by atoms with E-state index in [0.717, 1.165) is 55.4 Å². The van der Waals surface area contributed by atoms with Crippen molar-refractivity contribution in [3.63, 3.8) is 0 Å². The average Bonchev–Trinajstić information content (AvgIpc) is 3.52. The molecule has 11 heteroatoms. The number of nitrogens with zero attached hydrogens (tertiary/aromatic N) is 2. The van der Waals surface area contributed by atoms with Crippen molar-refractivity contribution in [3.05, 3.63) is 23.3 Å². The number of alkyl halides is 3. The van der Waals surface area contributed by atoms with E-state index in [1.165, 1.54) is 12.8 Å². The summed E-state index contributed by atoms with van der Waals surface area (Å²) in [4.78, 5) is 30.0. The van der Waals surface area contributed by atoms with Gasteiger partial charge in [-0.25, -0.2) is 9.78 Å². The van der Waals surface area contributed by atoms with Gasteiger partial charge in [-0.1, -0.05) is 0 Å². The fourth-order valence-electron chi connectivity index (χ4n) is 4.61. The molecule has 1 N–H and O–H groups in total. The van der Waals surface area contributed by atoms with Crippen molar-refractivity contribution in [1.29, 1.82) is 0 Å². The van der Waals surface area contributed by atoms with Crippen molar-refractivity contribution in [2.45, 2.75) is 44.7 Å². The molecule has 2 aliphatic rings. The first-order chi connectivity index (χ1) is 16.8. The lowest BCUT2D eigenvalue weighted by Crippen LogP contribution is -2.29. The summed E-state index contributed by atoms with van der Waals surface area (Å²) in [6.45, 7) is 2.67. The standard InChI is InChI=1S/C24H28F3N3O5/c1-33-19-12-17-15-6-4-7-16(15)22(29-21(31)14-35-23(32)24(25,26)27)28-18(17)13-20(19)34-11-5-10-30-8-2-3-9-30/h12-13H,2-11,14H2,1H3,(H,28,29,31). The molecule has 1 aromatic carbocycles. The van der Waals surface area contributed by atoms with Crippen LogP contribution >= 0.6 is 0 Å². The largest absolute Gasteiger partial charge is 0.493 e. The molecule has 35 heavy (non-hydrogen) atoms. The fourth-order valence-corrected chi connectivity index (χ4v) is 4.61.